The summed E-state index contributed by atoms with van der Waals surface area (Å²) in [5.74, 6) is 0.559. The summed E-state index contributed by atoms with van der Waals surface area (Å²) in [6.45, 7) is 9.17. The van der Waals surface area contributed by atoms with E-state index in [2.05, 4.69) is 9.97 Å². The number of hydrogen-bond acceptors (Lipinski definition) is 4. The van der Waals surface area contributed by atoms with Crippen molar-refractivity contribution in [2.45, 2.75) is 47.0 Å². The summed E-state index contributed by atoms with van der Waals surface area (Å²) < 4.78 is 0. The molecule has 6 nitrogen and oxygen atoms in total. The fourth-order valence-corrected chi connectivity index (χ4v) is 3.05. The Bertz CT molecular complexity index is 607. The summed E-state index contributed by atoms with van der Waals surface area (Å²) in [4.78, 5) is 34.2. The highest BCUT2D eigenvalue weighted by Gasteiger charge is 2.31. The number of nitrogens with zero attached hydrogens (tertiary/aromatic N) is 3. The van der Waals surface area contributed by atoms with Crippen molar-refractivity contribution in [1.29, 1.82) is 0 Å². The van der Waals surface area contributed by atoms with Gasteiger partial charge in [-0.15, -0.1) is 0 Å². The molecule has 2 amide bonds. The molecule has 2 heterocycles. The predicted molar refractivity (Wildman–Crippen MR) is 87.7 cm³/mol. The molecule has 1 aromatic rings. The largest absolute Gasteiger partial charge is 0.364 e. The molecule has 0 aromatic carbocycles. The molecule has 2 N–H and O–H groups in total. The third kappa shape index (κ3) is 4.50. The van der Waals surface area contributed by atoms with Crippen molar-refractivity contribution in [3.8, 4) is 0 Å². The molecule has 0 bridgehead atoms. The fourth-order valence-electron chi connectivity index (χ4n) is 3.05. The SMILES string of the molecule is Cc1nc(C[C@H]2CCCN(C(=O)C(C)(C)C)C2)cc(C(N)=O)n1. The lowest BCUT2D eigenvalue weighted by atomic mass is 9.89. The number of carbonyl (C=O) groups excluding carboxylic acids is 2. The Labute approximate surface area is 137 Å². The van der Waals surface area contributed by atoms with Gasteiger partial charge in [0.05, 0.1) is 0 Å². The first-order valence-electron chi connectivity index (χ1n) is 8.10. The van der Waals surface area contributed by atoms with E-state index in [9.17, 15) is 9.59 Å². The first-order valence-corrected chi connectivity index (χ1v) is 8.10. The van der Waals surface area contributed by atoms with E-state index in [0.29, 0.717) is 11.7 Å². The second-order valence-electron chi connectivity index (χ2n) is 7.37. The number of piperidine rings is 1. The monoisotopic (exact) mass is 318 g/mol. The number of likely N-dealkylation sites (tertiary alicyclic amines) is 1. The van der Waals surface area contributed by atoms with Gasteiger partial charge in [0.2, 0.25) is 5.91 Å². The summed E-state index contributed by atoms with van der Waals surface area (Å²) in [5, 5.41) is 0. The molecule has 6 heteroatoms. The Morgan fingerprint density at radius 3 is 2.65 bits per heavy atom. The van der Waals surface area contributed by atoms with E-state index in [4.69, 9.17) is 5.73 Å². The number of aromatic nitrogens is 2. The van der Waals surface area contributed by atoms with Crippen molar-refractivity contribution in [3.05, 3.63) is 23.3 Å². The molecular weight excluding hydrogens is 292 g/mol. The van der Waals surface area contributed by atoms with Crippen molar-refractivity contribution in [2.75, 3.05) is 13.1 Å². The quantitative estimate of drug-likeness (QED) is 0.918. The molecule has 126 valence electrons. The van der Waals surface area contributed by atoms with Gasteiger partial charge in [0.15, 0.2) is 0 Å². The van der Waals surface area contributed by atoms with Crippen LogP contribution in [0.5, 0.6) is 0 Å². The number of hydrogen-bond donors (Lipinski definition) is 1. The maximum absolute atomic E-state index is 12.5. The molecule has 1 atom stereocenters. The smallest absolute Gasteiger partial charge is 0.267 e. The highest BCUT2D eigenvalue weighted by atomic mass is 16.2. The van der Waals surface area contributed by atoms with E-state index in [1.807, 2.05) is 25.7 Å². The standard InChI is InChI=1S/C17H26N4O2/c1-11-19-13(9-14(20-11)15(18)22)8-12-6-5-7-21(10-12)16(23)17(2,3)4/h9,12H,5-8,10H2,1-4H3,(H2,18,22)/t12-/m1/s1. The summed E-state index contributed by atoms with van der Waals surface area (Å²) in [6, 6.07) is 1.67. The van der Waals surface area contributed by atoms with E-state index in [1.165, 1.54) is 0 Å². The topological polar surface area (TPSA) is 89.2 Å². The van der Waals surface area contributed by atoms with Crippen LogP contribution in [0.2, 0.25) is 0 Å². The van der Waals surface area contributed by atoms with Crippen LogP contribution in [-0.2, 0) is 11.2 Å². The maximum atomic E-state index is 12.5. The van der Waals surface area contributed by atoms with E-state index in [1.54, 1.807) is 13.0 Å². The molecule has 1 saturated heterocycles. The summed E-state index contributed by atoms with van der Waals surface area (Å²) in [6.07, 6.45) is 2.79. The average Bonchev–Trinajstić information content (AvgIpc) is 2.45. The number of primary amides is 1. The van der Waals surface area contributed by atoms with E-state index < -0.39 is 5.91 Å². The summed E-state index contributed by atoms with van der Waals surface area (Å²) in [7, 11) is 0. The molecule has 0 radical (unpaired) electrons. The zero-order valence-electron chi connectivity index (χ0n) is 14.4. The second kappa shape index (κ2) is 6.64. The van der Waals surface area contributed by atoms with Crippen molar-refractivity contribution in [2.24, 2.45) is 17.1 Å². The molecule has 1 aliphatic heterocycles. The molecule has 0 unspecified atom stereocenters. The van der Waals surface area contributed by atoms with Crippen molar-refractivity contribution < 1.29 is 9.59 Å². The zero-order chi connectivity index (χ0) is 17.2. The number of rotatable bonds is 3. The van der Waals surface area contributed by atoms with Gasteiger partial charge in [-0.1, -0.05) is 20.8 Å². The molecule has 1 aliphatic rings. The Hall–Kier alpha value is -1.98. The summed E-state index contributed by atoms with van der Waals surface area (Å²) in [5.41, 5.74) is 6.03. The highest BCUT2D eigenvalue weighted by Crippen LogP contribution is 2.25. The first-order chi connectivity index (χ1) is 10.7. The van der Waals surface area contributed by atoms with Crippen LogP contribution in [0.3, 0.4) is 0 Å². The average molecular weight is 318 g/mol. The maximum Gasteiger partial charge on any atom is 0.267 e. The van der Waals surface area contributed by atoms with Crippen LogP contribution in [0.1, 0.15) is 55.6 Å². The van der Waals surface area contributed by atoms with Gasteiger partial charge >= 0.3 is 0 Å². The van der Waals surface area contributed by atoms with Gasteiger partial charge in [0.25, 0.3) is 5.91 Å². The van der Waals surface area contributed by atoms with Crippen molar-refractivity contribution in [1.82, 2.24) is 14.9 Å². The zero-order valence-corrected chi connectivity index (χ0v) is 14.4. The molecule has 2 rings (SSSR count). The Kier molecular flexibility index (Phi) is 5.02. The third-order valence-electron chi connectivity index (χ3n) is 4.09. The van der Waals surface area contributed by atoms with Crippen LogP contribution < -0.4 is 5.73 Å². The van der Waals surface area contributed by atoms with Gasteiger partial charge in [-0.25, -0.2) is 9.97 Å². The van der Waals surface area contributed by atoms with Crippen molar-refractivity contribution in [3.63, 3.8) is 0 Å². The minimum Gasteiger partial charge on any atom is -0.364 e. The van der Waals surface area contributed by atoms with Crippen molar-refractivity contribution >= 4 is 11.8 Å². The Morgan fingerprint density at radius 2 is 2.04 bits per heavy atom. The van der Waals surface area contributed by atoms with Crippen LogP contribution in [0.4, 0.5) is 0 Å². The second-order valence-corrected chi connectivity index (χ2v) is 7.37. The van der Waals surface area contributed by atoms with Crippen LogP contribution in [0.15, 0.2) is 6.07 Å². The molecule has 0 saturated carbocycles. The van der Waals surface area contributed by atoms with E-state index >= 15 is 0 Å². The lowest BCUT2D eigenvalue weighted by Gasteiger charge is -2.36. The minimum atomic E-state index is -0.537. The molecule has 0 spiro atoms. The van der Waals surface area contributed by atoms with Gasteiger partial charge in [-0.05, 0) is 38.2 Å². The van der Waals surface area contributed by atoms with E-state index in [0.717, 1.165) is 38.0 Å². The third-order valence-corrected chi connectivity index (χ3v) is 4.09. The highest BCUT2D eigenvalue weighted by molar-refractivity contribution is 5.90. The molecule has 1 fully saturated rings. The fraction of sp³-hybridized carbons (Fsp3) is 0.647. The number of nitrogens with two attached hydrogens (primary N) is 1. The molecule has 0 aliphatic carbocycles. The minimum absolute atomic E-state index is 0.193. The summed E-state index contributed by atoms with van der Waals surface area (Å²) >= 11 is 0. The molecule has 23 heavy (non-hydrogen) atoms. The van der Waals surface area contributed by atoms with Gasteiger partial charge in [-0.3, -0.25) is 9.59 Å². The Morgan fingerprint density at radius 1 is 1.35 bits per heavy atom. The normalized spacial score (nSPS) is 18.8. The van der Waals surface area contributed by atoms with Gasteiger partial charge in [0, 0.05) is 24.2 Å². The molecule has 1 aromatic heterocycles. The van der Waals surface area contributed by atoms with Crippen LogP contribution in [-0.4, -0.2) is 39.8 Å². The predicted octanol–water partition coefficient (Wildman–Crippen LogP) is 1.71. The number of carbonyl (C=O) groups is 2. The van der Waals surface area contributed by atoms with Crippen LogP contribution in [0, 0.1) is 18.3 Å². The number of aryl methyl sites for hydroxylation is 1. The van der Waals surface area contributed by atoms with Gasteiger partial charge < -0.3 is 10.6 Å². The first kappa shape index (κ1) is 17.4. The van der Waals surface area contributed by atoms with E-state index in [-0.39, 0.29) is 17.0 Å². The van der Waals surface area contributed by atoms with Gasteiger partial charge in [0.1, 0.15) is 11.5 Å². The van der Waals surface area contributed by atoms with Gasteiger partial charge in [-0.2, -0.15) is 0 Å². The molecular formula is C17H26N4O2. The number of amides is 2. The lowest BCUT2D eigenvalue weighted by molar-refractivity contribution is -0.141. The van der Waals surface area contributed by atoms with Crippen LogP contribution >= 0.6 is 0 Å². The Balaban J connectivity index is 2.09. The van der Waals surface area contributed by atoms with Crippen LogP contribution in [0.25, 0.3) is 0 Å². The lowest BCUT2D eigenvalue weighted by Crippen LogP contribution is -2.45.